The molecule has 0 radical (unpaired) electrons. The maximum absolute atomic E-state index is 12.3. The van der Waals surface area contributed by atoms with E-state index in [4.69, 9.17) is 0 Å². The molecule has 1 aromatic rings. The minimum absolute atomic E-state index is 0.129. The fourth-order valence-electron chi connectivity index (χ4n) is 2.09. The van der Waals surface area contributed by atoms with Crippen LogP contribution in [0.15, 0.2) is 29.2 Å². The lowest BCUT2D eigenvalue weighted by Gasteiger charge is -2.13. The zero-order valence-corrected chi connectivity index (χ0v) is 12.2. The summed E-state index contributed by atoms with van der Waals surface area (Å²) in [6.07, 6.45) is 4.41. The highest BCUT2D eigenvalue weighted by Crippen LogP contribution is 2.25. The molecule has 0 aromatic heterocycles. The molecule has 0 saturated heterocycles. The Morgan fingerprint density at radius 2 is 1.70 bits per heavy atom. The lowest BCUT2D eigenvalue weighted by molar-refractivity contribution is 0.581. The van der Waals surface area contributed by atoms with Crippen molar-refractivity contribution >= 4 is 15.7 Å². The van der Waals surface area contributed by atoms with Gasteiger partial charge in [-0.05, 0) is 37.8 Å². The van der Waals surface area contributed by atoms with Crippen LogP contribution in [0.2, 0.25) is 0 Å². The van der Waals surface area contributed by atoms with Gasteiger partial charge in [-0.2, -0.15) is 0 Å². The Morgan fingerprint density at radius 1 is 1.00 bits per heavy atom. The third kappa shape index (κ3) is 3.71. The van der Waals surface area contributed by atoms with Gasteiger partial charge in [0.15, 0.2) is 0 Å². The van der Waals surface area contributed by atoms with Crippen LogP contribution in [0.1, 0.15) is 25.7 Å². The highest BCUT2D eigenvalue weighted by atomic mass is 32.2. The zero-order valence-electron chi connectivity index (χ0n) is 11.4. The highest BCUT2D eigenvalue weighted by molar-refractivity contribution is 7.89. The molecule has 0 atom stereocenters. The predicted molar refractivity (Wildman–Crippen MR) is 79.3 cm³/mol. The van der Waals surface area contributed by atoms with Crippen molar-refractivity contribution < 1.29 is 8.42 Å². The van der Waals surface area contributed by atoms with Gasteiger partial charge in [0, 0.05) is 25.2 Å². The van der Waals surface area contributed by atoms with Crippen LogP contribution >= 0.6 is 0 Å². The number of rotatable bonds is 8. The van der Waals surface area contributed by atoms with Gasteiger partial charge in [-0.3, -0.25) is 0 Å². The summed E-state index contributed by atoms with van der Waals surface area (Å²) >= 11 is 0. The second kappa shape index (κ2) is 5.71. The number of anilines is 1. The number of benzene rings is 1. The first kappa shape index (κ1) is 13.9. The number of hydrogen-bond donors (Lipinski definition) is 3. The lowest BCUT2D eigenvalue weighted by Crippen LogP contribution is -2.28. The Hall–Kier alpha value is -1.11. The molecular formula is C14H21N3O2S. The van der Waals surface area contributed by atoms with E-state index in [0.717, 1.165) is 25.9 Å². The van der Waals surface area contributed by atoms with Gasteiger partial charge in [-0.25, -0.2) is 13.1 Å². The summed E-state index contributed by atoms with van der Waals surface area (Å²) < 4.78 is 27.3. The average Bonchev–Trinajstić information content (AvgIpc) is 3.30. The first-order valence-electron chi connectivity index (χ1n) is 7.24. The van der Waals surface area contributed by atoms with E-state index in [1.165, 1.54) is 12.8 Å². The van der Waals surface area contributed by atoms with Gasteiger partial charge < -0.3 is 10.6 Å². The summed E-state index contributed by atoms with van der Waals surface area (Å²) in [4.78, 5) is 0.346. The Morgan fingerprint density at radius 3 is 2.40 bits per heavy atom. The summed E-state index contributed by atoms with van der Waals surface area (Å²) in [5.74, 6) is 0. The molecular weight excluding hydrogens is 274 g/mol. The van der Waals surface area contributed by atoms with Gasteiger partial charge in [0.1, 0.15) is 4.90 Å². The highest BCUT2D eigenvalue weighted by Gasteiger charge is 2.29. The largest absolute Gasteiger partial charge is 0.383 e. The van der Waals surface area contributed by atoms with Gasteiger partial charge in [-0.15, -0.1) is 0 Å². The molecule has 20 heavy (non-hydrogen) atoms. The van der Waals surface area contributed by atoms with E-state index in [9.17, 15) is 8.42 Å². The van der Waals surface area contributed by atoms with Gasteiger partial charge in [0.25, 0.3) is 0 Å². The molecule has 3 N–H and O–H groups in total. The predicted octanol–water partition coefficient (Wildman–Crippen LogP) is 1.29. The Kier molecular flexibility index (Phi) is 3.96. The van der Waals surface area contributed by atoms with Gasteiger partial charge in [-0.1, -0.05) is 12.1 Å². The topological polar surface area (TPSA) is 70.2 Å². The number of sulfonamides is 1. The summed E-state index contributed by atoms with van der Waals surface area (Å²) in [6, 6.07) is 7.89. The fraction of sp³-hybridized carbons (Fsp3) is 0.571. The van der Waals surface area contributed by atoms with Crippen molar-refractivity contribution in [1.82, 2.24) is 10.0 Å². The number of hydrogen-bond acceptors (Lipinski definition) is 4. The molecule has 0 spiro atoms. The van der Waals surface area contributed by atoms with Crippen molar-refractivity contribution in [3.8, 4) is 0 Å². The van der Waals surface area contributed by atoms with E-state index in [1.807, 2.05) is 12.1 Å². The summed E-state index contributed by atoms with van der Waals surface area (Å²) in [5.41, 5.74) is 0.679. The zero-order chi connectivity index (χ0) is 14.0. The van der Waals surface area contributed by atoms with E-state index < -0.39 is 10.0 Å². The van der Waals surface area contributed by atoms with Crippen molar-refractivity contribution in [1.29, 1.82) is 0 Å². The molecule has 0 amide bonds. The molecule has 0 unspecified atom stereocenters. The maximum atomic E-state index is 12.3. The van der Waals surface area contributed by atoms with E-state index in [2.05, 4.69) is 15.4 Å². The molecule has 2 fully saturated rings. The molecule has 6 heteroatoms. The molecule has 0 heterocycles. The molecule has 0 aliphatic heterocycles. The van der Waals surface area contributed by atoms with Crippen LogP contribution in [0.5, 0.6) is 0 Å². The van der Waals surface area contributed by atoms with Crippen LogP contribution < -0.4 is 15.4 Å². The first-order chi connectivity index (χ1) is 9.65. The van der Waals surface area contributed by atoms with Crippen LogP contribution in [0.4, 0.5) is 5.69 Å². The maximum Gasteiger partial charge on any atom is 0.242 e. The Labute approximate surface area is 120 Å². The van der Waals surface area contributed by atoms with E-state index in [0.29, 0.717) is 16.6 Å². The molecule has 0 bridgehead atoms. The van der Waals surface area contributed by atoms with Crippen molar-refractivity contribution in [2.75, 3.05) is 18.4 Å². The van der Waals surface area contributed by atoms with Crippen LogP contribution in [-0.2, 0) is 10.0 Å². The van der Waals surface area contributed by atoms with Crippen molar-refractivity contribution in [3.05, 3.63) is 24.3 Å². The Bertz CT molecular complexity index is 566. The lowest BCUT2D eigenvalue weighted by atomic mass is 10.3. The fourth-order valence-corrected chi connectivity index (χ4v) is 3.58. The molecule has 110 valence electrons. The Balaban J connectivity index is 1.63. The van der Waals surface area contributed by atoms with Crippen LogP contribution in [-0.4, -0.2) is 33.6 Å². The van der Waals surface area contributed by atoms with Crippen molar-refractivity contribution in [3.63, 3.8) is 0 Å². The molecule has 2 saturated carbocycles. The van der Waals surface area contributed by atoms with Crippen LogP contribution in [0, 0.1) is 0 Å². The van der Waals surface area contributed by atoms with E-state index in [-0.39, 0.29) is 6.04 Å². The monoisotopic (exact) mass is 295 g/mol. The number of nitrogens with one attached hydrogen (secondary N) is 3. The third-order valence-corrected chi connectivity index (χ3v) is 5.11. The smallest absolute Gasteiger partial charge is 0.242 e. The minimum Gasteiger partial charge on any atom is -0.383 e. The summed E-state index contributed by atoms with van der Waals surface area (Å²) in [5, 5.41) is 6.61. The standard InChI is InChI=1S/C14H21N3O2S/c18-20(19,17-12-7-8-12)14-4-2-1-3-13(14)16-10-9-15-11-5-6-11/h1-4,11-12,15-17H,5-10H2. The molecule has 1 aromatic carbocycles. The SMILES string of the molecule is O=S(=O)(NC1CC1)c1ccccc1NCCNC1CC1. The molecule has 2 aliphatic rings. The summed E-state index contributed by atoms with van der Waals surface area (Å²) in [7, 11) is -3.40. The first-order valence-corrected chi connectivity index (χ1v) is 8.72. The van der Waals surface area contributed by atoms with Crippen molar-refractivity contribution in [2.24, 2.45) is 0 Å². The van der Waals surface area contributed by atoms with Crippen molar-refractivity contribution in [2.45, 2.75) is 42.7 Å². The second-order valence-electron chi connectivity index (χ2n) is 5.55. The normalized spacial score (nSPS) is 19.0. The molecule has 2 aliphatic carbocycles. The second-order valence-corrected chi connectivity index (χ2v) is 7.23. The van der Waals surface area contributed by atoms with Gasteiger partial charge in [0.05, 0.1) is 5.69 Å². The quantitative estimate of drug-likeness (QED) is 0.632. The summed E-state index contributed by atoms with van der Waals surface area (Å²) in [6.45, 7) is 1.58. The minimum atomic E-state index is -3.40. The third-order valence-electron chi connectivity index (χ3n) is 3.53. The number of para-hydroxylation sites is 1. The van der Waals surface area contributed by atoms with E-state index >= 15 is 0 Å². The van der Waals surface area contributed by atoms with Gasteiger partial charge in [0.2, 0.25) is 10.0 Å². The van der Waals surface area contributed by atoms with E-state index in [1.54, 1.807) is 12.1 Å². The van der Waals surface area contributed by atoms with Crippen LogP contribution in [0.3, 0.4) is 0 Å². The van der Waals surface area contributed by atoms with Crippen LogP contribution in [0.25, 0.3) is 0 Å². The molecule has 3 rings (SSSR count). The van der Waals surface area contributed by atoms with Gasteiger partial charge >= 0.3 is 0 Å². The average molecular weight is 295 g/mol. The molecule has 5 nitrogen and oxygen atoms in total.